The van der Waals surface area contributed by atoms with Crippen molar-refractivity contribution in [3.63, 3.8) is 0 Å². The Hall–Kier alpha value is -1.92. The van der Waals surface area contributed by atoms with Crippen LogP contribution in [0.2, 0.25) is 5.02 Å². The molecule has 2 rings (SSSR count). The average molecular weight is 323 g/mol. The molecule has 1 atom stereocenters. The molecule has 1 amide bonds. The van der Waals surface area contributed by atoms with Crippen molar-refractivity contribution in [2.45, 2.75) is 32.2 Å². The van der Waals surface area contributed by atoms with E-state index in [9.17, 15) is 4.79 Å². The highest BCUT2D eigenvalue weighted by Crippen LogP contribution is 2.18. The molecule has 22 heavy (non-hydrogen) atoms. The zero-order chi connectivity index (χ0) is 15.9. The molecule has 0 saturated heterocycles. The predicted octanol–water partition coefficient (Wildman–Crippen LogP) is 2.18. The number of hydrogen-bond donors (Lipinski definition) is 2. The Bertz CT molecular complexity index is 610. The lowest BCUT2D eigenvalue weighted by Gasteiger charge is -2.06. The maximum absolute atomic E-state index is 11.7. The third-order valence-electron chi connectivity index (χ3n) is 3.06. The molecule has 7 heteroatoms. The first-order chi connectivity index (χ1) is 10.5. The number of carbonyl (C=O) groups excluding carboxylic acids is 1. The highest BCUT2D eigenvalue weighted by molar-refractivity contribution is 6.30. The molecule has 0 aliphatic rings. The molecule has 6 nitrogen and oxygen atoms in total. The van der Waals surface area contributed by atoms with Crippen LogP contribution in [0.4, 0.5) is 0 Å². The summed E-state index contributed by atoms with van der Waals surface area (Å²) in [5, 5.41) is 7.36. The summed E-state index contributed by atoms with van der Waals surface area (Å²) in [5.74, 6) is 0.878. The van der Waals surface area contributed by atoms with Gasteiger partial charge >= 0.3 is 0 Å². The first-order valence-electron chi connectivity index (χ1n) is 7.15. The third-order valence-corrected chi connectivity index (χ3v) is 3.31. The molecular formula is C15H19ClN4O2. The van der Waals surface area contributed by atoms with Crippen molar-refractivity contribution in [3.8, 4) is 11.4 Å². The summed E-state index contributed by atoms with van der Waals surface area (Å²) in [6.07, 6.45) is 1.47. The van der Waals surface area contributed by atoms with Gasteiger partial charge in [-0.15, -0.1) is 0 Å². The number of halogens is 1. The van der Waals surface area contributed by atoms with Crippen molar-refractivity contribution in [2.24, 2.45) is 5.73 Å². The van der Waals surface area contributed by atoms with Gasteiger partial charge in [0.1, 0.15) is 0 Å². The van der Waals surface area contributed by atoms with Crippen LogP contribution in [-0.4, -0.2) is 28.6 Å². The molecule has 1 heterocycles. The molecule has 0 fully saturated rings. The molecule has 0 aliphatic carbocycles. The zero-order valence-electron chi connectivity index (χ0n) is 12.4. The number of aromatic nitrogens is 2. The van der Waals surface area contributed by atoms with E-state index in [-0.39, 0.29) is 11.9 Å². The van der Waals surface area contributed by atoms with Crippen molar-refractivity contribution < 1.29 is 9.32 Å². The van der Waals surface area contributed by atoms with Crippen molar-refractivity contribution in [1.29, 1.82) is 0 Å². The van der Waals surface area contributed by atoms with Gasteiger partial charge in [0.2, 0.25) is 17.6 Å². The van der Waals surface area contributed by atoms with E-state index in [1.807, 2.05) is 19.1 Å². The third kappa shape index (κ3) is 5.13. The second kappa shape index (κ2) is 7.91. The molecule has 3 N–H and O–H groups in total. The fraction of sp³-hybridized carbons (Fsp3) is 0.400. The van der Waals surface area contributed by atoms with Gasteiger partial charge in [-0.05, 0) is 37.6 Å². The second-order valence-electron chi connectivity index (χ2n) is 5.13. The van der Waals surface area contributed by atoms with E-state index in [1.165, 1.54) is 0 Å². The first-order valence-corrected chi connectivity index (χ1v) is 7.53. The number of nitrogens with two attached hydrogens (primary N) is 1. The molecule has 0 spiro atoms. The van der Waals surface area contributed by atoms with Crippen molar-refractivity contribution in [2.75, 3.05) is 6.54 Å². The Morgan fingerprint density at radius 3 is 2.82 bits per heavy atom. The number of carbonyl (C=O) groups is 1. The Morgan fingerprint density at radius 1 is 1.41 bits per heavy atom. The first kappa shape index (κ1) is 16.5. The van der Waals surface area contributed by atoms with E-state index in [1.54, 1.807) is 12.1 Å². The number of nitrogens with one attached hydrogen (secondary N) is 1. The lowest BCUT2D eigenvalue weighted by atomic mass is 10.2. The van der Waals surface area contributed by atoms with E-state index in [0.717, 1.165) is 12.0 Å². The molecule has 1 aromatic heterocycles. The summed E-state index contributed by atoms with van der Waals surface area (Å²) in [6.45, 7) is 2.49. The van der Waals surface area contributed by atoms with Crippen LogP contribution in [0.25, 0.3) is 11.4 Å². The minimum absolute atomic E-state index is 0.0492. The van der Waals surface area contributed by atoms with Gasteiger partial charge in [0, 0.05) is 36.0 Å². The van der Waals surface area contributed by atoms with Crippen LogP contribution in [0.1, 0.15) is 25.7 Å². The van der Waals surface area contributed by atoms with Crippen LogP contribution in [-0.2, 0) is 11.2 Å². The van der Waals surface area contributed by atoms with Crippen LogP contribution in [0, 0.1) is 0 Å². The fourth-order valence-electron chi connectivity index (χ4n) is 1.82. The Labute approximate surface area is 134 Å². The largest absolute Gasteiger partial charge is 0.356 e. The lowest BCUT2D eigenvalue weighted by molar-refractivity contribution is -0.121. The van der Waals surface area contributed by atoms with Crippen LogP contribution < -0.4 is 11.1 Å². The Balaban J connectivity index is 1.82. The number of benzene rings is 1. The van der Waals surface area contributed by atoms with Crippen LogP contribution in [0.5, 0.6) is 0 Å². The van der Waals surface area contributed by atoms with Crippen LogP contribution in [0.15, 0.2) is 28.8 Å². The molecule has 0 saturated carbocycles. The van der Waals surface area contributed by atoms with E-state index in [2.05, 4.69) is 15.5 Å². The summed E-state index contributed by atoms with van der Waals surface area (Å²) in [5.41, 5.74) is 6.44. The second-order valence-corrected chi connectivity index (χ2v) is 5.57. The number of rotatable bonds is 7. The molecule has 0 aliphatic heterocycles. The Kier molecular flexibility index (Phi) is 5.91. The number of amides is 1. The Morgan fingerprint density at radius 2 is 2.14 bits per heavy atom. The summed E-state index contributed by atoms with van der Waals surface area (Å²) in [4.78, 5) is 15.9. The number of nitrogens with zero attached hydrogens (tertiary/aromatic N) is 2. The van der Waals surface area contributed by atoms with E-state index in [0.29, 0.717) is 36.1 Å². The van der Waals surface area contributed by atoms with Crippen LogP contribution >= 0.6 is 11.6 Å². The monoisotopic (exact) mass is 322 g/mol. The summed E-state index contributed by atoms with van der Waals surface area (Å²) in [6, 6.07) is 7.24. The number of aryl methyl sites for hydroxylation is 1. The fourth-order valence-corrected chi connectivity index (χ4v) is 1.95. The van der Waals surface area contributed by atoms with Crippen LogP contribution in [0.3, 0.4) is 0 Å². The average Bonchev–Trinajstić information content (AvgIpc) is 2.94. The minimum atomic E-state index is -0.0492. The van der Waals surface area contributed by atoms with Gasteiger partial charge < -0.3 is 15.6 Å². The zero-order valence-corrected chi connectivity index (χ0v) is 13.1. The smallest absolute Gasteiger partial charge is 0.227 e. The van der Waals surface area contributed by atoms with Gasteiger partial charge in [-0.1, -0.05) is 16.8 Å². The molecule has 2 aromatic rings. The molecule has 1 unspecified atom stereocenters. The quantitative estimate of drug-likeness (QED) is 0.814. The molecule has 1 aromatic carbocycles. The highest BCUT2D eigenvalue weighted by Gasteiger charge is 2.10. The van der Waals surface area contributed by atoms with Gasteiger partial charge in [-0.2, -0.15) is 4.98 Å². The van der Waals surface area contributed by atoms with E-state index < -0.39 is 0 Å². The van der Waals surface area contributed by atoms with Gasteiger partial charge in [-0.3, -0.25) is 4.79 Å². The normalized spacial score (nSPS) is 12.1. The van der Waals surface area contributed by atoms with E-state index in [4.69, 9.17) is 21.9 Å². The van der Waals surface area contributed by atoms with Crippen molar-refractivity contribution in [3.05, 3.63) is 35.2 Å². The predicted molar refractivity (Wildman–Crippen MR) is 84.3 cm³/mol. The summed E-state index contributed by atoms with van der Waals surface area (Å²) < 4.78 is 5.15. The molecule has 0 radical (unpaired) electrons. The summed E-state index contributed by atoms with van der Waals surface area (Å²) in [7, 11) is 0. The molecule has 118 valence electrons. The van der Waals surface area contributed by atoms with E-state index >= 15 is 0 Å². The van der Waals surface area contributed by atoms with Gasteiger partial charge in [0.05, 0.1) is 0 Å². The van der Waals surface area contributed by atoms with Gasteiger partial charge in [-0.25, -0.2) is 0 Å². The maximum Gasteiger partial charge on any atom is 0.227 e. The molecule has 0 bridgehead atoms. The van der Waals surface area contributed by atoms with Gasteiger partial charge in [0.15, 0.2) is 0 Å². The number of hydrogen-bond acceptors (Lipinski definition) is 5. The van der Waals surface area contributed by atoms with Crippen molar-refractivity contribution >= 4 is 17.5 Å². The standard InChI is InChI=1S/C15H19ClN4O2/c1-10(17)8-9-18-13(21)6-7-14-19-15(20-22-14)11-2-4-12(16)5-3-11/h2-5,10H,6-9,17H2,1H3,(H,18,21). The van der Waals surface area contributed by atoms with Gasteiger partial charge in [0.25, 0.3) is 0 Å². The minimum Gasteiger partial charge on any atom is -0.356 e. The maximum atomic E-state index is 11.7. The molecular weight excluding hydrogens is 304 g/mol. The highest BCUT2D eigenvalue weighted by atomic mass is 35.5. The topological polar surface area (TPSA) is 94.0 Å². The summed E-state index contributed by atoms with van der Waals surface area (Å²) >= 11 is 5.83. The van der Waals surface area contributed by atoms with Crippen molar-refractivity contribution in [1.82, 2.24) is 15.5 Å². The lowest BCUT2D eigenvalue weighted by Crippen LogP contribution is -2.29. The SMILES string of the molecule is CC(N)CCNC(=O)CCc1nc(-c2ccc(Cl)cc2)no1.